The van der Waals surface area contributed by atoms with Crippen LogP contribution >= 0.6 is 11.6 Å². The highest BCUT2D eigenvalue weighted by Crippen LogP contribution is 2.28. The molecule has 0 bridgehead atoms. The fraction of sp³-hybridized carbons (Fsp3) is 0.600. The monoisotopic (exact) mass is 253 g/mol. The first-order valence-corrected chi connectivity index (χ1v) is 7.09. The summed E-state index contributed by atoms with van der Waals surface area (Å²) in [6.45, 7) is 7.79. The summed E-state index contributed by atoms with van der Waals surface area (Å²) in [6.07, 6.45) is 3.56. The van der Waals surface area contributed by atoms with Crippen molar-refractivity contribution in [3.8, 4) is 0 Å². The van der Waals surface area contributed by atoms with Gasteiger partial charge in [0.1, 0.15) is 0 Å². The third kappa shape index (κ3) is 4.33. The third-order valence-corrected chi connectivity index (χ3v) is 3.58. The van der Waals surface area contributed by atoms with Gasteiger partial charge in [0.15, 0.2) is 0 Å². The largest absolute Gasteiger partial charge is 0.310 e. The highest BCUT2D eigenvalue weighted by atomic mass is 35.5. The van der Waals surface area contributed by atoms with Crippen LogP contribution in [0.25, 0.3) is 0 Å². The van der Waals surface area contributed by atoms with Crippen molar-refractivity contribution in [3.05, 3.63) is 34.9 Å². The lowest BCUT2D eigenvalue weighted by molar-refractivity contribution is 0.341. The van der Waals surface area contributed by atoms with Crippen molar-refractivity contribution in [3.63, 3.8) is 0 Å². The summed E-state index contributed by atoms with van der Waals surface area (Å²) in [5, 5.41) is 4.49. The molecule has 0 spiro atoms. The lowest BCUT2D eigenvalue weighted by atomic mass is 9.89. The molecule has 1 N–H and O–H groups in total. The molecule has 1 nitrogen and oxygen atoms in total. The van der Waals surface area contributed by atoms with Crippen molar-refractivity contribution in [1.29, 1.82) is 0 Å². The lowest BCUT2D eigenvalue weighted by Crippen LogP contribution is -2.28. The van der Waals surface area contributed by atoms with Gasteiger partial charge in [-0.2, -0.15) is 0 Å². The molecule has 0 saturated carbocycles. The van der Waals surface area contributed by atoms with E-state index in [1.54, 1.807) is 0 Å². The van der Waals surface area contributed by atoms with Gasteiger partial charge in [-0.15, -0.1) is 0 Å². The molecule has 0 aromatic heterocycles. The molecule has 1 aromatic carbocycles. The van der Waals surface area contributed by atoms with E-state index in [0.29, 0.717) is 12.0 Å². The van der Waals surface area contributed by atoms with E-state index in [-0.39, 0.29) is 0 Å². The van der Waals surface area contributed by atoms with Crippen molar-refractivity contribution in [2.75, 3.05) is 6.54 Å². The molecule has 0 aliphatic rings. The molecule has 0 fully saturated rings. The summed E-state index contributed by atoms with van der Waals surface area (Å²) in [5.74, 6) is 0.681. The van der Waals surface area contributed by atoms with Crippen LogP contribution in [0.15, 0.2) is 24.3 Å². The second kappa shape index (κ2) is 7.73. The van der Waals surface area contributed by atoms with E-state index < -0.39 is 0 Å². The Bertz CT molecular complexity index is 320. The highest BCUT2D eigenvalue weighted by Gasteiger charge is 2.19. The molecule has 0 radical (unpaired) electrons. The maximum atomic E-state index is 6.09. The fourth-order valence-electron chi connectivity index (χ4n) is 2.32. The molecule has 17 heavy (non-hydrogen) atoms. The van der Waals surface area contributed by atoms with E-state index >= 15 is 0 Å². The Morgan fingerprint density at radius 3 is 2.41 bits per heavy atom. The first kappa shape index (κ1) is 14.5. The molecular formula is C15H24ClN. The van der Waals surface area contributed by atoms with Crippen molar-refractivity contribution in [2.45, 2.75) is 46.1 Å². The molecular weight excluding hydrogens is 230 g/mol. The van der Waals surface area contributed by atoms with Crippen LogP contribution in [0.3, 0.4) is 0 Å². The number of halogens is 1. The van der Waals surface area contributed by atoms with Gasteiger partial charge in [-0.3, -0.25) is 0 Å². The zero-order valence-corrected chi connectivity index (χ0v) is 11.9. The van der Waals surface area contributed by atoms with Crippen LogP contribution in [-0.4, -0.2) is 6.54 Å². The smallest absolute Gasteiger partial charge is 0.0409 e. The predicted molar refractivity (Wildman–Crippen MR) is 76.6 cm³/mol. The minimum Gasteiger partial charge on any atom is -0.310 e. The summed E-state index contributed by atoms with van der Waals surface area (Å²) < 4.78 is 0. The number of rotatable bonds is 7. The second-order valence-corrected chi connectivity index (χ2v) is 5.00. The summed E-state index contributed by atoms with van der Waals surface area (Å²) in [4.78, 5) is 0. The molecule has 1 aromatic rings. The van der Waals surface area contributed by atoms with Crippen molar-refractivity contribution in [1.82, 2.24) is 5.32 Å². The maximum absolute atomic E-state index is 6.09. The van der Waals surface area contributed by atoms with Crippen LogP contribution in [0.4, 0.5) is 0 Å². The molecule has 1 unspecified atom stereocenters. The number of nitrogens with one attached hydrogen (secondary N) is 1. The number of benzene rings is 1. The Kier molecular flexibility index (Phi) is 6.61. The normalized spacial score (nSPS) is 13.0. The van der Waals surface area contributed by atoms with Gasteiger partial charge in [0, 0.05) is 11.1 Å². The molecule has 96 valence electrons. The van der Waals surface area contributed by atoms with Crippen molar-refractivity contribution in [2.24, 2.45) is 5.92 Å². The van der Waals surface area contributed by atoms with Crippen LogP contribution in [0.1, 0.15) is 51.6 Å². The van der Waals surface area contributed by atoms with Crippen LogP contribution < -0.4 is 5.32 Å². The Hall–Kier alpha value is -0.530. The van der Waals surface area contributed by atoms with Crippen molar-refractivity contribution < 1.29 is 0 Å². The van der Waals surface area contributed by atoms with Gasteiger partial charge in [-0.25, -0.2) is 0 Å². The Morgan fingerprint density at radius 2 is 1.88 bits per heavy atom. The van der Waals surface area contributed by atoms with Crippen LogP contribution in [0.2, 0.25) is 5.02 Å². The van der Waals surface area contributed by atoms with Crippen LogP contribution in [0.5, 0.6) is 0 Å². The van der Waals surface area contributed by atoms with Crippen molar-refractivity contribution >= 4 is 11.6 Å². The van der Waals surface area contributed by atoms with E-state index in [1.807, 2.05) is 12.1 Å². The van der Waals surface area contributed by atoms with E-state index in [1.165, 1.54) is 18.4 Å². The standard InChI is InChI=1S/C15H24ClN/c1-4-10-17-15(12(5-2)6-3)13-8-7-9-14(16)11-13/h7-9,11-12,15,17H,4-6,10H2,1-3H3. The first-order chi connectivity index (χ1) is 8.22. The van der Waals surface area contributed by atoms with Crippen LogP contribution in [0, 0.1) is 5.92 Å². The first-order valence-electron chi connectivity index (χ1n) is 6.71. The molecule has 0 aliphatic heterocycles. The Morgan fingerprint density at radius 1 is 1.18 bits per heavy atom. The topological polar surface area (TPSA) is 12.0 Å². The molecule has 0 saturated heterocycles. The van der Waals surface area contributed by atoms with E-state index in [2.05, 4.69) is 38.2 Å². The second-order valence-electron chi connectivity index (χ2n) is 4.56. The molecule has 1 atom stereocenters. The average Bonchev–Trinajstić information content (AvgIpc) is 2.34. The average molecular weight is 254 g/mol. The fourth-order valence-corrected chi connectivity index (χ4v) is 2.52. The van der Waals surface area contributed by atoms with Gasteiger partial charge in [-0.05, 0) is 36.6 Å². The maximum Gasteiger partial charge on any atom is 0.0409 e. The van der Waals surface area contributed by atoms with Gasteiger partial charge in [0.2, 0.25) is 0 Å². The summed E-state index contributed by atoms with van der Waals surface area (Å²) in [7, 11) is 0. The molecule has 0 aliphatic carbocycles. The number of hydrogen-bond donors (Lipinski definition) is 1. The van der Waals surface area contributed by atoms with Gasteiger partial charge >= 0.3 is 0 Å². The molecule has 2 heteroatoms. The minimum absolute atomic E-state index is 0.434. The molecule has 0 heterocycles. The third-order valence-electron chi connectivity index (χ3n) is 3.34. The summed E-state index contributed by atoms with van der Waals surface area (Å²) in [5.41, 5.74) is 1.32. The summed E-state index contributed by atoms with van der Waals surface area (Å²) >= 11 is 6.09. The lowest BCUT2D eigenvalue weighted by Gasteiger charge is -2.27. The Balaban J connectivity index is 2.88. The molecule has 0 amide bonds. The Labute approximate surface area is 111 Å². The van der Waals surface area contributed by atoms with Gasteiger partial charge in [0.05, 0.1) is 0 Å². The highest BCUT2D eigenvalue weighted by molar-refractivity contribution is 6.30. The quantitative estimate of drug-likeness (QED) is 0.735. The minimum atomic E-state index is 0.434. The van der Waals surface area contributed by atoms with E-state index in [4.69, 9.17) is 11.6 Å². The van der Waals surface area contributed by atoms with Gasteiger partial charge in [-0.1, -0.05) is 57.3 Å². The van der Waals surface area contributed by atoms with Gasteiger partial charge < -0.3 is 5.32 Å². The zero-order valence-electron chi connectivity index (χ0n) is 11.2. The molecule has 1 rings (SSSR count). The summed E-state index contributed by atoms with van der Waals surface area (Å²) in [6, 6.07) is 8.68. The van der Waals surface area contributed by atoms with E-state index in [9.17, 15) is 0 Å². The number of hydrogen-bond acceptors (Lipinski definition) is 1. The predicted octanol–water partition coefficient (Wildman–Crippen LogP) is 4.82. The van der Waals surface area contributed by atoms with Gasteiger partial charge in [0.25, 0.3) is 0 Å². The van der Waals surface area contributed by atoms with E-state index in [0.717, 1.165) is 18.0 Å². The zero-order chi connectivity index (χ0) is 12.7. The van der Waals surface area contributed by atoms with Crippen LogP contribution in [-0.2, 0) is 0 Å². The SMILES string of the molecule is CCCNC(c1cccc(Cl)c1)C(CC)CC.